The molecule has 1 aliphatic rings. The van der Waals surface area contributed by atoms with E-state index in [0.29, 0.717) is 0 Å². The third-order valence-corrected chi connectivity index (χ3v) is 3.60. The molecule has 1 N–H and O–H groups in total. The number of aryl methyl sites for hydroxylation is 1. The average molecular weight is 315 g/mol. The van der Waals surface area contributed by atoms with Crippen LogP contribution in [0.5, 0.6) is 0 Å². The zero-order valence-electron chi connectivity index (χ0n) is 8.72. The number of nitrogens with one attached hydrogen (secondary N) is 1. The fraction of sp³-hybridized carbons (Fsp3) is 0.417. The van der Waals surface area contributed by atoms with Crippen molar-refractivity contribution in [2.45, 2.75) is 26.2 Å². The van der Waals surface area contributed by atoms with Crippen molar-refractivity contribution in [3.8, 4) is 0 Å². The number of hydrogen-bond donors (Lipinski definition) is 1. The first-order valence-corrected chi connectivity index (χ1v) is 6.32. The van der Waals surface area contributed by atoms with E-state index < -0.39 is 0 Å². The van der Waals surface area contributed by atoms with E-state index in [2.05, 4.69) is 34.0 Å². The second-order valence-corrected chi connectivity index (χ2v) is 5.32. The van der Waals surface area contributed by atoms with E-state index in [1.807, 2.05) is 19.1 Å². The molecule has 1 saturated carbocycles. The SMILES string of the molecule is Cc1ccc(I)cc1NC(=O)C1CCC1. The molecule has 0 spiro atoms. The van der Waals surface area contributed by atoms with Gasteiger partial charge in [0.05, 0.1) is 0 Å². The van der Waals surface area contributed by atoms with Crippen LogP contribution in [0.15, 0.2) is 18.2 Å². The highest BCUT2D eigenvalue weighted by molar-refractivity contribution is 14.1. The molecule has 0 heterocycles. The zero-order chi connectivity index (χ0) is 10.8. The van der Waals surface area contributed by atoms with Gasteiger partial charge >= 0.3 is 0 Å². The largest absolute Gasteiger partial charge is 0.326 e. The molecule has 0 radical (unpaired) electrons. The molecule has 0 saturated heterocycles. The number of anilines is 1. The predicted molar refractivity (Wildman–Crippen MR) is 69.9 cm³/mol. The summed E-state index contributed by atoms with van der Waals surface area (Å²) in [6.07, 6.45) is 3.30. The summed E-state index contributed by atoms with van der Waals surface area (Å²) in [4.78, 5) is 11.7. The Morgan fingerprint density at radius 2 is 2.20 bits per heavy atom. The highest BCUT2D eigenvalue weighted by Gasteiger charge is 2.25. The lowest BCUT2D eigenvalue weighted by Crippen LogP contribution is -2.28. The molecule has 0 unspecified atom stereocenters. The standard InChI is InChI=1S/C12H14INO/c1-8-5-6-10(13)7-11(8)14-12(15)9-3-2-4-9/h5-7,9H,2-4H2,1H3,(H,14,15). The lowest BCUT2D eigenvalue weighted by Gasteiger charge is -2.24. The van der Waals surface area contributed by atoms with Crippen molar-refractivity contribution in [3.05, 3.63) is 27.3 Å². The average Bonchev–Trinajstić information content (AvgIpc) is 2.08. The van der Waals surface area contributed by atoms with Crippen LogP contribution in [0.3, 0.4) is 0 Å². The minimum absolute atomic E-state index is 0.186. The van der Waals surface area contributed by atoms with Gasteiger partial charge in [-0.1, -0.05) is 12.5 Å². The minimum atomic E-state index is 0.186. The molecular weight excluding hydrogens is 301 g/mol. The summed E-state index contributed by atoms with van der Waals surface area (Å²) in [5, 5.41) is 3.01. The summed E-state index contributed by atoms with van der Waals surface area (Å²) >= 11 is 2.26. The summed E-state index contributed by atoms with van der Waals surface area (Å²) in [7, 11) is 0. The summed E-state index contributed by atoms with van der Waals surface area (Å²) in [5.41, 5.74) is 2.09. The Kier molecular flexibility index (Phi) is 3.29. The van der Waals surface area contributed by atoms with Crippen LogP contribution >= 0.6 is 22.6 Å². The van der Waals surface area contributed by atoms with Gasteiger partial charge in [0, 0.05) is 15.2 Å². The molecule has 2 rings (SSSR count). The Morgan fingerprint density at radius 1 is 1.47 bits per heavy atom. The van der Waals surface area contributed by atoms with Gasteiger partial charge in [0.15, 0.2) is 0 Å². The van der Waals surface area contributed by atoms with Gasteiger partial charge in [0.1, 0.15) is 0 Å². The lowest BCUT2D eigenvalue weighted by atomic mass is 9.85. The summed E-state index contributed by atoms with van der Waals surface area (Å²) in [5.74, 6) is 0.439. The van der Waals surface area contributed by atoms with Crippen molar-refractivity contribution < 1.29 is 4.79 Å². The van der Waals surface area contributed by atoms with E-state index in [9.17, 15) is 4.79 Å². The second kappa shape index (κ2) is 4.51. The first-order valence-electron chi connectivity index (χ1n) is 5.24. The van der Waals surface area contributed by atoms with E-state index in [1.165, 1.54) is 6.42 Å². The van der Waals surface area contributed by atoms with Gasteiger partial charge in [-0.25, -0.2) is 0 Å². The molecule has 0 aromatic heterocycles. The number of carbonyl (C=O) groups excluding carboxylic acids is 1. The highest BCUT2D eigenvalue weighted by atomic mass is 127. The van der Waals surface area contributed by atoms with Gasteiger partial charge in [-0.3, -0.25) is 4.79 Å². The van der Waals surface area contributed by atoms with Crippen molar-refractivity contribution in [1.82, 2.24) is 0 Å². The Morgan fingerprint density at radius 3 is 2.80 bits per heavy atom. The summed E-state index contributed by atoms with van der Waals surface area (Å²) < 4.78 is 1.15. The molecule has 0 atom stereocenters. The highest BCUT2D eigenvalue weighted by Crippen LogP contribution is 2.28. The van der Waals surface area contributed by atoms with E-state index in [1.54, 1.807) is 0 Å². The lowest BCUT2D eigenvalue weighted by molar-refractivity contribution is -0.122. The van der Waals surface area contributed by atoms with Crippen molar-refractivity contribution in [2.75, 3.05) is 5.32 Å². The predicted octanol–water partition coefficient (Wildman–Crippen LogP) is 3.34. The molecule has 0 bridgehead atoms. The van der Waals surface area contributed by atoms with Crippen LogP contribution in [-0.2, 0) is 4.79 Å². The van der Waals surface area contributed by atoms with Crippen molar-refractivity contribution >= 4 is 34.2 Å². The van der Waals surface area contributed by atoms with Gasteiger partial charge in [0.25, 0.3) is 0 Å². The van der Waals surface area contributed by atoms with Crippen LogP contribution in [0.4, 0.5) is 5.69 Å². The third-order valence-electron chi connectivity index (χ3n) is 2.93. The van der Waals surface area contributed by atoms with Crippen LogP contribution in [-0.4, -0.2) is 5.91 Å². The molecule has 2 nitrogen and oxygen atoms in total. The Hall–Kier alpha value is -0.580. The number of amides is 1. The number of halogens is 1. The summed E-state index contributed by atoms with van der Waals surface area (Å²) in [6, 6.07) is 6.11. The van der Waals surface area contributed by atoms with E-state index in [4.69, 9.17) is 0 Å². The maximum absolute atomic E-state index is 11.7. The van der Waals surface area contributed by atoms with E-state index in [-0.39, 0.29) is 11.8 Å². The summed E-state index contributed by atoms with van der Waals surface area (Å²) in [6.45, 7) is 2.02. The van der Waals surface area contributed by atoms with Crippen molar-refractivity contribution in [1.29, 1.82) is 0 Å². The van der Waals surface area contributed by atoms with Gasteiger partial charge in [-0.2, -0.15) is 0 Å². The quantitative estimate of drug-likeness (QED) is 0.833. The molecule has 3 heteroatoms. The number of benzene rings is 1. The smallest absolute Gasteiger partial charge is 0.227 e. The molecule has 15 heavy (non-hydrogen) atoms. The molecular formula is C12H14INO. The number of carbonyl (C=O) groups is 1. The second-order valence-electron chi connectivity index (χ2n) is 4.08. The fourth-order valence-electron chi connectivity index (χ4n) is 1.63. The Balaban J connectivity index is 2.09. The van der Waals surface area contributed by atoms with Gasteiger partial charge in [0.2, 0.25) is 5.91 Å². The molecule has 1 aliphatic carbocycles. The Labute approximate surface area is 104 Å². The van der Waals surface area contributed by atoms with E-state index >= 15 is 0 Å². The molecule has 80 valence electrons. The van der Waals surface area contributed by atoms with Crippen LogP contribution < -0.4 is 5.32 Å². The number of hydrogen-bond acceptors (Lipinski definition) is 1. The Bertz CT molecular complexity index is 385. The van der Waals surface area contributed by atoms with Gasteiger partial charge in [-0.15, -0.1) is 0 Å². The topological polar surface area (TPSA) is 29.1 Å². The van der Waals surface area contributed by atoms with Crippen molar-refractivity contribution in [3.63, 3.8) is 0 Å². The van der Waals surface area contributed by atoms with Crippen LogP contribution in [0.1, 0.15) is 24.8 Å². The van der Waals surface area contributed by atoms with Crippen LogP contribution in [0.25, 0.3) is 0 Å². The van der Waals surface area contributed by atoms with Crippen molar-refractivity contribution in [2.24, 2.45) is 5.92 Å². The molecule has 1 fully saturated rings. The van der Waals surface area contributed by atoms with Gasteiger partial charge in [-0.05, 0) is 60.1 Å². The number of rotatable bonds is 2. The fourth-order valence-corrected chi connectivity index (χ4v) is 2.13. The molecule has 1 aromatic carbocycles. The maximum Gasteiger partial charge on any atom is 0.227 e. The monoisotopic (exact) mass is 315 g/mol. The minimum Gasteiger partial charge on any atom is -0.326 e. The molecule has 0 aliphatic heterocycles. The van der Waals surface area contributed by atoms with Crippen LogP contribution in [0, 0.1) is 16.4 Å². The van der Waals surface area contributed by atoms with E-state index in [0.717, 1.165) is 27.7 Å². The third kappa shape index (κ3) is 2.51. The first kappa shape index (κ1) is 10.9. The maximum atomic E-state index is 11.7. The van der Waals surface area contributed by atoms with Gasteiger partial charge < -0.3 is 5.32 Å². The molecule has 1 aromatic rings. The normalized spacial score (nSPS) is 15.9. The molecule has 1 amide bonds. The van der Waals surface area contributed by atoms with Crippen LogP contribution in [0.2, 0.25) is 0 Å². The zero-order valence-corrected chi connectivity index (χ0v) is 10.9. The first-order chi connectivity index (χ1) is 7.16.